The highest BCUT2D eigenvalue weighted by molar-refractivity contribution is 5.74. The largest absolute Gasteiger partial charge is 0.507 e. The van der Waals surface area contributed by atoms with Gasteiger partial charge in [0.15, 0.2) is 0 Å². The highest BCUT2D eigenvalue weighted by Crippen LogP contribution is 2.48. The summed E-state index contributed by atoms with van der Waals surface area (Å²) in [5.74, 6) is 0.402. The number of aromatic hydroxyl groups is 1. The van der Waals surface area contributed by atoms with Gasteiger partial charge in [-0.2, -0.15) is 0 Å². The number of hydrogen-bond donors (Lipinski definition) is 1. The lowest BCUT2D eigenvalue weighted by Gasteiger charge is -2.36. The van der Waals surface area contributed by atoms with Crippen molar-refractivity contribution in [2.45, 2.75) is 32.0 Å². The third-order valence-electron chi connectivity index (χ3n) is 6.23. The second-order valence-electron chi connectivity index (χ2n) is 8.63. The number of phenols is 1. The first-order chi connectivity index (χ1) is 15.4. The Hall–Kier alpha value is -3.55. The zero-order valence-electron chi connectivity index (χ0n) is 17.8. The van der Waals surface area contributed by atoms with Gasteiger partial charge in [0.1, 0.15) is 23.7 Å². The van der Waals surface area contributed by atoms with Gasteiger partial charge in [0.2, 0.25) is 5.88 Å². The minimum atomic E-state index is -1.09. The van der Waals surface area contributed by atoms with Crippen molar-refractivity contribution in [1.29, 1.82) is 0 Å². The zero-order valence-corrected chi connectivity index (χ0v) is 17.8. The van der Waals surface area contributed by atoms with Crippen molar-refractivity contribution in [2.75, 3.05) is 7.11 Å². The van der Waals surface area contributed by atoms with Crippen LogP contribution < -0.4 is 9.47 Å². The summed E-state index contributed by atoms with van der Waals surface area (Å²) in [6, 6.07) is 8.88. The summed E-state index contributed by atoms with van der Waals surface area (Å²) in [5.41, 5.74) is 2.49. The van der Waals surface area contributed by atoms with Crippen LogP contribution in [0.2, 0.25) is 0 Å². The van der Waals surface area contributed by atoms with E-state index in [9.17, 15) is 9.50 Å². The average Bonchev–Trinajstić information content (AvgIpc) is 3.15. The average molecular weight is 434 g/mol. The molecule has 0 amide bonds. The standard InChI is InChI=1S/C24H23FN4O3/c1-24-7-5-16(11-24)22(25)20(12-24)32-23-27-13-18(28-29-23)17-4-3-14(9-19(17)30)15-6-8-26-21(10-15)31-2/h3-10,13,16,20,22,30H,11-12H2,1-2H3/t16-,20-,22+,24+/m1/s1. The molecule has 3 aromatic rings. The summed E-state index contributed by atoms with van der Waals surface area (Å²) < 4.78 is 25.6. The summed E-state index contributed by atoms with van der Waals surface area (Å²) >= 11 is 0. The maximum Gasteiger partial charge on any atom is 0.336 e. The molecular formula is C24H23FN4O3. The molecule has 2 aliphatic carbocycles. The predicted molar refractivity (Wildman–Crippen MR) is 116 cm³/mol. The minimum Gasteiger partial charge on any atom is -0.507 e. The lowest BCUT2D eigenvalue weighted by atomic mass is 9.74. The molecule has 2 bridgehead atoms. The van der Waals surface area contributed by atoms with Crippen LogP contribution in [-0.4, -0.2) is 44.7 Å². The Kier molecular flexibility index (Phi) is 5.00. The van der Waals surface area contributed by atoms with Gasteiger partial charge in [-0.1, -0.05) is 30.2 Å². The third-order valence-corrected chi connectivity index (χ3v) is 6.23. The predicted octanol–water partition coefficient (Wildman–Crippen LogP) is 4.39. The summed E-state index contributed by atoms with van der Waals surface area (Å²) in [6.07, 6.45) is 6.84. The summed E-state index contributed by atoms with van der Waals surface area (Å²) in [5, 5.41) is 18.7. The van der Waals surface area contributed by atoms with E-state index in [1.165, 1.54) is 6.20 Å². The number of pyridine rings is 1. The van der Waals surface area contributed by atoms with Crippen LogP contribution in [0.25, 0.3) is 22.4 Å². The lowest BCUT2D eigenvalue weighted by Crippen LogP contribution is -2.42. The zero-order chi connectivity index (χ0) is 22.3. The molecule has 0 spiro atoms. The molecule has 2 aromatic heterocycles. The first-order valence-corrected chi connectivity index (χ1v) is 10.5. The van der Waals surface area contributed by atoms with Crippen molar-refractivity contribution in [1.82, 2.24) is 20.2 Å². The number of halogens is 1. The maximum absolute atomic E-state index is 14.7. The van der Waals surface area contributed by atoms with E-state index in [0.717, 1.165) is 17.5 Å². The fourth-order valence-corrected chi connectivity index (χ4v) is 4.56. The molecule has 7 nitrogen and oxygen atoms in total. The van der Waals surface area contributed by atoms with E-state index >= 15 is 0 Å². The van der Waals surface area contributed by atoms with E-state index < -0.39 is 12.3 Å². The van der Waals surface area contributed by atoms with Gasteiger partial charge in [-0.15, -0.1) is 5.10 Å². The van der Waals surface area contributed by atoms with Gasteiger partial charge < -0.3 is 14.6 Å². The van der Waals surface area contributed by atoms with E-state index in [-0.39, 0.29) is 23.1 Å². The van der Waals surface area contributed by atoms with Gasteiger partial charge in [0, 0.05) is 23.7 Å². The Morgan fingerprint density at radius 3 is 2.69 bits per heavy atom. The smallest absolute Gasteiger partial charge is 0.336 e. The minimum absolute atomic E-state index is 0.0336. The van der Waals surface area contributed by atoms with Gasteiger partial charge in [-0.25, -0.2) is 14.4 Å². The second kappa shape index (κ2) is 7.85. The SMILES string of the molecule is COc1cc(-c2ccc(-c3cnc(O[C@@H]4C[C@@]5(C)C=C[C@H](C5)[C@@H]4F)nn3)c(O)c2)ccn1. The summed E-state index contributed by atoms with van der Waals surface area (Å²) in [4.78, 5) is 8.29. The molecule has 0 aliphatic heterocycles. The Morgan fingerprint density at radius 2 is 1.94 bits per heavy atom. The fourth-order valence-electron chi connectivity index (χ4n) is 4.56. The van der Waals surface area contributed by atoms with Crippen LogP contribution >= 0.6 is 0 Å². The molecule has 2 aliphatic rings. The van der Waals surface area contributed by atoms with Crippen molar-refractivity contribution < 1.29 is 19.0 Å². The molecule has 1 fully saturated rings. The first-order valence-electron chi connectivity index (χ1n) is 10.5. The van der Waals surface area contributed by atoms with Crippen LogP contribution in [0.1, 0.15) is 19.8 Å². The van der Waals surface area contributed by atoms with Gasteiger partial charge in [-0.05, 0) is 47.6 Å². The van der Waals surface area contributed by atoms with E-state index in [1.54, 1.807) is 31.5 Å². The normalized spacial score (nSPS) is 26.2. The quantitative estimate of drug-likeness (QED) is 0.596. The van der Waals surface area contributed by atoms with Crippen LogP contribution in [0.15, 0.2) is 54.9 Å². The van der Waals surface area contributed by atoms with Crippen molar-refractivity contribution in [3.63, 3.8) is 0 Å². The number of fused-ring (bicyclic) bond motifs is 2. The molecule has 1 saturated carbocycles. The molecule has 0 unspecified atom stereocenters. The van der Waals surface area contributed by atoms with Gasteiger partial charge in [0.05, 0.1) is 13.3 Å². The van der Waals surface area contributed by atoms with Crippen LogP contribution in [0.4, 0.5) is 4.39 Å². The topological polar surface area (TPSA) is 90.2 Å². The Labute approximate surface area is 185 Å². The molecule has 0 saturated heterocycles. The summed E-state index contributed by atoms with van der Waals surface area (Å²) in [7, 11) is 1.55. The highest BCUT2D eigenvalue weighted by Gasteiger charge is 2.47. The Morgan fingerprint density at radius 1 is 1.09 bits per heavy atom. The van der Waals surface area contributed by atoms with E-state index in [2.05, 4.69) is 33.2 Å². The molecule has 1 aromatic carbocycles. The molecule has 2 heterocycles. The summed E-state index contributed by atoms with van der Waals surface area (Å²) in [6.45, 7) is 2.11. The van der Waals surface area contributed by atoms with E-state index in [4.69, 9.17) is 9.47 Å². The number of methoxy groups -OCH3 is 1. The van der Waals surface area contributed by atoms with Crippen molar-refractivity contribution in [2.24, 2.45) is 11.3 Å². The Balaban J connectivity index is 1.33. The number of hydrogen-bond acceptors (Lipinski definition) is 7. The van der Waals surface area contributed by atoms with Crippen molar-refractivity contribution >= 4 is 0 Å². The van der Waals surface area contributed by atoms with Crippen LogP contribution in [-0.2, 0) is 0 Å². The van der Waals surface area contributed by atoms with Crippen LogP contribution in [0.5, 0.6) is 17.6 Å². The van der Waals surface area contributed by atoms with Gasteiger partial charge in [0.25, 0.3) is 0 Å². The molecule has 4 atom stereocenters. The molecule has 32 heavy (non-hydrogen) atoms. The maximum atomic E-state index is 14.7. The highest BCUT2D eigenvalue weighted by atomic mass is 19.1. The number of aromatic nitrogens is 4. The lowest BCUT2D eigenvalue weighted by molar-refractivity contribution is 0.00291. The van der Waals surface area contributed by atoms with Gasteiger partial charge in [-0.3, -0.25) is 0 Å². The van der Waals surface area contributed by atoms with Gasteiger partial charge >= 0.3 is 6.01 Å². The molecular weight excluding hydrogens is 411 g/mol. The number of ether oxygens (including phenoxy) is 2. The molecule has 1 N–H and O–H groups in total. The van der Waals surface area contributed by atoms with Crippen LogP contribution in [0, 0.1) is 11.3 Å². The van der Waals surface area contributed by atoms with E-state index in [1.807, 2.05) is 18.2 Å². The first kappa shape index (κ1) is 20.4. The number of phenolic OH excluding ortho intramolecular Hbond substituents is 1. The fraction of sp³-hybridized carbons (Fsp3) is 0.333. The molecule has 0 radical (unpaired) electrons. The van der Waals surface area contributed by atoms with E-state index in [0.29, 0.717) is 23.6 Å². The van der Waals surface area contributed by atoms with Crippen molar-refractivity contribution in [3.05, 3.63) is 54.9 Å². The molecule has 164 valence electrons. The van der Waals surface area contributed by atoms with Crippen LogP contribution in [0.3, 0.4) is 0 Å². The monoisotopic (exact) mass is 434 g/mol. The second-order valence-corrected chi connectivity index (χ2v) is 8.63. The number of allylic oxidation sites excluding steroid dienone is 2. The third kappa shape index (κ3) is 3.77. The number of rotatable bonds is 5. The molecule has 5 rings (SSSR count). The van der Waals surface area contributed by atoms with Crippen molar-refractivity contribution in [3.8, 4) is 40.0 Å². The number of nitrogens with zero attached hydrogens (tertiary/aromatic N) is 4. The Bertz CT molecular complexity index is 1170. The molecule has 8 heteroatoms. The number of alkyl halides is 1. The number of benzene rings is 1.